The first-order valence-corrected chi connectivity index (χ1v) is 5.98. The number of rotatable bonds is 4. The smallest absolute Gasteiger partial charge is 0.260 e. The minimum Gasteiger partial charge on any atom is -0.305 e. The zero-order valence-electron chi connectivity index (χ0n) is 10.8. The summed E-state index contributed by atoms with van der Waals surface area (Å²) in [4.78, 5) is 11.8. The lowest BCUT2D eigenvalue weighted by molar-refractivity contribution is 0.102. The van der Waals surface area contributed by atoms with E-state index in [9.17, 15) is 4.79 Å². The van der Waals surface area contributed by atoms with Gasteiger partial charge < -0.3 is 5.32 Å². The third kappa shape index (κ3) is 2.42. The van der Waals surface area contributed by atoms with Gasteiger partial charge in [-0.3, -0.25) is 14.6 Å². The highest BCUT2D eigenvalue weighted by Crippen LogP contribution is 2.16. The third-order valence-corrected chi connectivity index (χ3v) is 2.93. The van der Waals surface area contributed by atoms with Crippen molar-refractivity contribution in [3.8, 4) is 0 Å². The topological polar surface area (TPSA) is 75.6 Å². The highest BCUT2D eigenvalue weighted by molar-refractivity contribution is 6.03. The first-order valence-electron chi connectivity index (χ1n) is 5.98. The number of aromatic nitrogens is 4. The number of hydrogen-bond donors (Lipinski definition) is 2. The van der Waals surface area contributed by atoms with Crippen LogP contribution in [0.15, 0.2) is 18.5 Å². The van der Waals surface area contributed by atoms with Gasteiger partial charge in [0.1, 0.15) is 0 Å². The molecule has 0 aliphatic heterocycles. The van der Waals surface area contributed by atoms with Crippen molar-refractivity contribution in [1.29, 1.82) is 0 Å². The first kappa shape index (κ1) is 12.3. The summed E-state index contributed by atoms with van der Waals surface area (Å²) in [5.41, 5.74) is 1.53. The standard InChI is InChI=1S/C12H17N5O/c1-4-8(2)17-9(3)5-11(16-17)15-12(18)10-6-13-14-7-10/h5-8H,4H2,1-3H3,(H,13,14)(H,15,16,18). The van der Waals surface area contributed by atoms with E-state index >= 15 is 0 Å². The number of carbonyl (C=O) groups excluding carboxylic acids is 1. The van der Waals surface area contributed by atoms with Crippen LogP contribution in [0.1, 0.15) is 42.4 Å². The summed E-state index contributed by atoms with van der Waals surface area (Å²) in [6, 6.07) is 2.19. The highest BCUT2D eigenvalue weighted by Gasteiger charge is 2.12. The minimum atomic E-state index is -0.211. The van der Waals surface area contributed by atoms with Crippen molar-refractivity contribution < 1.29 is 4.79 Å². The maximum atomic E-state index is 11.8. The van der Waals surface area contributed by atoms with E-state index in [4.69, 9.17) is 0 Å². The number of aryl methyl sites for hydroxylation is 1. The molecule has 2 heterocycles. The van der Waals surface area contributed by atoms with Gasteiger partial charge in [-0.2, -0.15) is 10.2 Å². The summed E-state index contributed by atoms with van der Waals surface area (Å²) >= 11 is 0. The van der Waals surface area contributed by atoms with E-state index in [1.54, 1.807) is 6.20 Å². The van der Waals surface area contributed by atoms with E-state index in [1.807, 2.05) is 17.7 Å². The van der Waals surface area contributed by atoms with Crippen LogP contribution < -0.4 is 5.32 Å². The second-order valence-electron chi connectivity index (χ2n) is 4.31. The Morgan fingerprint density at radius 3 is 3.00 bits per heavy atom. The summed E-state index contributed by atoms with van der Waals surface area (Å²) < 4.78 is 1.92. The molecule has 2 N–H and O–H groups in total. The minimum absolute atomic E-state index is 0.211. The molecule has 0 saturated carbocycles. The van der Waals surface area contributed by atoms with Gasteiger partial charge in [0, 0.05) is 24.0 Å². The zero-order chi connectivity index (χ0) is 13.1. The molecule has 1 amide bonds. The fourth-order valence-electron chi connectivity index (χ4n) is 1.73. The van der Waals surface area contributed by atoms with Crippen LogP contribution in [0, 0.1) is 6.92 Å². The molecule has 0 fully saturated rings. The Bertz CT molecular complexity index is 529. The second kappa shape index (κ2) is 5.03. The van der Waals surface area contributed by atoms with Gasteiger partial charge in [-0.15, -0.1) is 0 Å². The van der Waals surface area contributed by atoms with Gasteiger partial charge in [0.25, 0.3) is 5.91 Å². The molecule has 96 valence electrons. The molecule has 2 aromatic heterocycles. The van der Waals surface area contributed by atoms with Gasteiger partial charge in [-0.25, -0.2) is 0 Å². The van der Waals surface area contributed by atoms with Crippen LogP contribution in [-0.2, 0) is 0 Å². The number of H-pyrrole nitrogens is 1. The molecule has 6 nitrogen and oxygen atoms in total. The van der Waals surface area contributed by atoms with Crippen molar-refractivity contribution in [2.24, 2.45) is 0 Å². The van der Waals surface area contributed by atoms with Gasteiger partial charge in [0.15, 0.2) is 5.82 Å². The summed E-state index contributed by atoms with van der Waals surface area (Å²) in [7, 11) is 0. The van der Waals surface area contributed by atoms with E-state index in [-0.39, 0.29) is 5.91 Å². The number of nitrogens with zero attached hydrogens (tertiary/aromatic N) is 3. The van der Waals surface area contributed by atoms with Crippen molar-refractivity contribution in [3.63, 3.8) is 0 Å². The SMILES string of the molecule is CCC(C)n1nc(NC(=O)c2cn[nH]c2)cc1C. The highest BCUT2D eigenvalue weighted by atomic mass is 16.1. The maximum Gasteiger partial charge on any atom is 0.260 e. The monoisotopic (exact) mass is 247 g/mol. The van der Waals surface area contributed by atoms with Gasteiger partial charge in [0.05, 0.1) is 11.8 Å². The molecule has 0 aliphatic carbocycles. The Balaban J connectivity index is 2.13. The van der Waals surface area contributed by atoms with Crippen molar-refractivity contribution in [3.05, 3.63) is 29.7 Å². The Hall–Kier alpha value is -2.11. The number of aromatic amines is 1. The van der Waals surface area contributed by atoms with Crippen molar-refractivity contribution in [2.75, 3.05) is 5.32 Å². The van der Waals surface area contributed by atoms with Crippen LogP contribution in [0.2, 0.25) is 0 Å². The molecule has 0 aliphatic rings. The summed E-state index contributed by atoms with van der Waals surface area (Å²) in [5.74, 6) is 0.358. The van der Waals surface area contributed by atoms with Crippen LogP contribution in [0.5, 0.6) is 0 Å². The molecule has 2 rings (SSSR count). The maximum absolute atomic E-state index is 11.8. The van der Waals surface area contributed by atoms with Gasteiger partial charge in [-0.05, 0) is 20.3 Å². The van der Waals surface area contributed by atoms with Crippen LogP contribution in [0.4, 0.5) is 5.82 Å². The van der Waals surface area contributed by atoms with E-state index in [2.05, 4.69) is 34.5 Å². The molecule has 2 aromatic rings. The van der Waals surface area contributed by atoms with Crippen molar-refractivity contribution >= 4 is 11.7 Å². The molecule has 0 radical (unpaired) electrons. The normalized spacial score (nSPS) is 12.4. The largest absolute Gasteiger partial charge is 0.305 e. The second-order valence-corrected chi connectivity index (χ2v) is 4.31. The Morgan fingerprint density at radius 1 is 1.61 bits per heavy atom. The van der Waals surface area contributed by atoms with Gasteiger partial charge in [0.2, 0.25) is 0 Å². The Morgan fingerprint density at radius 2 is 2.39 bits per heavy atom. The molecule has 0 aromatic carbocycles. The molecule has 1 atom stereocenters. The summed E-state index contributed by atoms with van der Waals surface area (Å²) in [5, 5.41) is 13.5. The summed E-state index contributed by atoms with van der Waals surface area (Å²) in [6.07, 6.45) is 4.03. The fourth-order valence-corrected chi connectivity index (χ4v) is 1.73. The molecule has 0 saturated heterocycles. The van der Waals surface area contributed by atoms with E-state index < -0.39 is 0 Å². The Kier molecular flexibility index (Phi) is 3.45. The number of anilines is 1. The predicted molar refractivity (Wildman–Crippen MR) is 68.5 cm³/mol. The molecule has 6 heteroatoms. The van der Waals surface area contributed by atoms with Crippen molar-refractivity contribution in [1.82, 2.24) is 20.0 Å². The van der Waals surface area contributed by atoms with Crippen LogP contribution in [-0.4, -0.2) is 25.9 Å². The number of nitrogens with one attached hydrogen (secondary N) is 2. The predicted octanol–water partition coefficient (Wildman–Crippen LogP) is 2.14. The number of amides is 1. The van der Waals surface area contributed by atoms with Gasteiger partial charge >= 0.3 is 0 Å². The third-order valence-electron chi connectivity index (χ3n) is 2.93. The molecule has 1 unspecified atom stereocenters. The number of hydrogen-bond acceptors (Lipinski definition) is 3. The van der Waals surface area contributed by atoms with E-state index in [0.29, 0.717) is 17.4 Å². The molecule has 0 spiro atoms. The lowest BCUT2D eigenvalue weighted by Gasteiger charge is -2.10. The van der Waals surface area contributed by atoms with Crippen LogP contribution in [0.3, 0.4) is 0 Å². The first-order chi connectivity index (χ1) is 8.61. The average molecular weight is 247 g/mol. The van der Waals surface area contributed by atoms with Crippen molar-refractivity contribution in [2.45, 2.75) is 33.2 Å². The van der Waals surface area contributed by atoms with E-state index in [1.165, 1.54) is 6.20 Å². The van der Waals surface area contributed by atoms with Gasteiger partial charge in [-0.1, -0.05) is 6.92 Å². The molecule has 18 heavy (non-hydrogen) atoms. The fraction of sp³-hybridized carbons (Fsp3) is 0.417. The summed E-state index contributed by atoms with van der Waals surface area (Å²) in [6.45, 7) is 6.18. The zero-order valence-corrected chi connectivity index (χ0v) is 10.8. The van der Waals surface area contributed by atoms with Crippen LogP contribution >= 0.6 is 0 Å². The quantitative estimate of drug-likeness (QED) is 0.869. The number of carbonyl (C=O) groups is 1. The molecular formula is C12H17N5O. The lowest BCUT2D eigenvalue weighted by Crippen LogP contribution is -2.13. The lowest BCUT2D eigenvalue weighted by atomic mass is 10.2. The average Bonchev–Trinajstić information content (AvgIpc) is 2.97. The van der Waals surface area contributed by atoms with Crippen LogP contribution in [0.25, 0.3) is 0 Å². The van der Waals surface area contributed by atoms with E-state index in [0.717, 1.165) is 12.1 Å². The Labute approximate surface area is 105 Å². The molecular weight excluding hydrogens is 230 g/mol. The molecule has 0 bridgehead atoms.